The van der Waals surface area contributed by atoms with Crippen LogP contribution in [-0.4, -0.2) is 0 Å². The Hall–Kier alpha value is -6.22. The Morgan fingerprint density at radius 1 is 0.396 bits per heavy atom. The molecule has 250 valence electrons. The predicted molar refractivity (Wildman–Crippen MR) is 230 cm³/mol. The van der Waals surface area contributed by atoms with E-state index in [4.69, 9.17) is 0 Å². The van der Waals surface area contributed by atoms with E-state index in [2.05, 4.69) is 195 Å². The quantitative estimate of drug-likeness (QED) is 0.166. The fourth-order valence-corrected chi connectivity index (χ4v) is 10.3. The third-order valence-corrected chi connectivity index (χ3v) is 12.9. The van der Waals surface area contributed by atoms with Crippen molar-refractivity contribution in [2.45, 2.75) is 19.3 Å². The van der Waals surface area contributed by atoms with Crippen molar-refractivity contribution in [3.63, 3.8) is 0 Å². The molecule has 0 saturated heterocycles. The van der Waals surface area contributed by atoms with Gasteiger partial charge in [0.1, 0.15) is 0 Å². The molecule has 0 aliphatic heterocycles. The topological polar surface area (TPSA) is 3.24 Å². The lowest BCUT2D eigenvalue weighted by atomic mass is 9.81. The monoisotopic (exact) mass is 693 g/mol. The standard InChI is InChI=1S/C51H35NS/c1-51(2)46-19-9-7-16-41(46)42-28-24-33(30-47(42)51)32-22-25-34(26-23-32)52(48-20-11-18-44-43-17-8-10-21-49(43)53-50(44)48)35-27-29-40-38-14-4-3-12-36(38)37-13-5-6-15-39(37)45(40)31-35/h3-31H,1-2H3. The highest BCUT2D eigenvalue weighted by Crippen LogP contribution is 2.50. The Labute approximate surface area is 313 Å². The highest BCUT2D eigenvalue weighted by molar-refractivity contribution is 7.26. The van der Waals surface area contributed by atoms with Gasteiger partial charge in [-0.05, 0) is 108 Å². The molecule has 10 aromatic rings. The fourth-order valence-electron chi connectivity index (χ4n) is 9.06. The van der Waals surface area contributed by atoms with Gasteiger partial charge < -0.3 is 4.90 Å². The van der Waals surface area contributed by atoms with Crippen LogP contribution >= 0.6 is 11.3 Å². The second-order valence-corrected chi connectivity index (χ2v) is 15.9. The van der Waals surface area contributed by atoms with Crippen LogP contribution in [0.25, 0.3) is 74.7 Å². The summed E-state index contributed by atoms with van der Waals surface area (Å²) in [6.45, 7) is 4.71. The summed E-state index contributed by atoms with van der Waals surface area (Å²) in [5, 5.41) is 10.3. The van der Waals surface area contributed by atoms with Crippen LogP contribution in [0.4, 0.5) is 17.1 Å². The maximum Gasteiger partial charge on any atom is 0.0640 e. The van der Waals surface area contributed by atoms with Gasteiger partial charge in [-0.25, -0.2) is 0 Å². The van der Waals surface area contributed by atoms with E-state index < -0.39 is 0 Å². The third kappa shape index (κ3) is 4.49. The molecule has 0 N–H and O–H groups in total. The van der Waals surface area contributed by atoms with Crippen LogP contribution in [0.15, 0.2) is 176 Å². The Morgan fingerprint density at radius 2 is 0.962 bits per heavy atom. The number of benzene rings is 9. The molecule has 11 rings (SSSR count). The molecular weight excluding hydrogens is 659 g/mol. The number of rotatable bonds is 4. The zero-order chi connectivity index (χ0) is 35.3. The van der Waals surface area contributed by atoms with Crippen LogP contribution in [0.1, 0.15) is 25.0 Å². The molecule has 1 aliphatic carbocycles. The van der Waals surface area contributed by atoms with Gasteiger partial charge in [0.25, 0.3) is 0 Å². The van der Waals surface area contributed by atoms with Crippen molar-refractivity contribution in [1.29, 1.82) is 0 Å². The van der Waals surface area contributed by atoms with Gasteiger partial charge in [-0.3, -0.25) is 0 Å². The summed E-state index contributed by atoms with van der Waals surface area (Å²) in [4.78, 5) is 2.47. The molecule has 53 heavy (non-hydrogen) atoms. The average molecular weight is 694 g/mol. The van der Waals surface area contributed by atoms with E-state index in [0.717, 1.165) is 11.4 Å². The zero-order valence-electron chi connectivity index (χ0n) is 29.6. The van der Waals surface area contributed by atoms with Crippen molar-refractivity contribution in [3.8, 4) is 22.3 Å². The molecule has 1 aliphatic rings. The molecule has 0 spiro atoms. The minimum absolute atomic E-state index is 0.0345. The molecule has 1 aromatic heterocycles. The molecule has 0 radical (unpaired) electrons. The van der Waals surface area contributed by atoms with E-state index in [9.17, 15) is 0 Å². The van der Waals surface area contributed by atoms with E-state index in [1.807, 2.05) is 11.3 Å². The summed E-state index contributed by atoms with van der Waals surface area (Å²) < 4.78 is 2.60. The van der Waals surface area contributed by atoms with Crippen molar-refractivity contribution in [2.24, 2.45) is 0 Å². The Kier molecular flexibility index (Phi) is 6.53. The number of hydrogen-bond donors (Lipinski definition) is 0. The minimum Gasteiger partial charge on any atom is -0.309 e. The van der Waals surface area contributed by atoms with Gasteiger partial charge in [-0.2, -0.15) is 0 Å². The first-order valence-corrected chi connectivity index (χ1v) is 19.2. The molecule has 1 heterocycles. The van der Waals surface area contributed by atoms with Crippen LogP contribution in [0, 0.1) is 0 Å². The molecule has 0 saturated carbocycles. The Balaban J connectivity index is 1.10. The van der Waals surface area contributed by atoms with Gasteiger partial charge in [0, 0.05) is 32.3 Å². The van der Waals surface area contributed by atoms with Gasteiger partial charge >= 0.3 is 0 Å². The summed E-state index contributed by atoms with van der Waals surface area (Å²) in [5.41, 5.74) is 11.4. The van der Waals surface area contributed by atoms with Crippen LogP contribution in [0.2, 0.25) is 0 Å². The molecule has 2 heteroatoms. The molecule has 0 bridgehead atoms. The van der Waals surface area contributed by atoms with Gasteiger partial charge in [0.15, 0.2) is 0 Å². The number of anilines is 3. The normalized spacial score (nSPS) is 13.2. The number of nitrogens with zero attached hydrogens (tertiary/aromatic N) is 1. The van der Waals surface area contributed by atoms with E-state index in [0.29, 0.717) is 0 Å². The van der Waals surface area contributed by atoms with E-state index >= 15 is 0 Å². The van der Waals surface area contributed by atoms with Crippen molar-refractivity contribution in [1.82, 2.24) is 0 Å². The smallest absolute Gasteiger partial charge is 0.0640 e. The van der Waals surface area contributed by atoms with Crippen molar-refractivity contribution < 1.29 is 0 Å². The summed E-state index contributed by atoms with van der Waals surface area (Å²) in [5.74, 6) is 0. The largest absolute Gasteiger partial charge is 0.309 e. The molecular formula is C51H35NS. The van der Waals surface area contributed by atoms with Crippen LogP contribution in [0.3, 0.4) is 0 Å². The van der Waals surface area contributed by atoms with Gasteiger partial charge in [0.2, 0.25) is 0 Å². The highest BCUT2D eigenvalue weighted by Gasteiger charge is 2.35. The second-order valence-electron chi connectivity index (χ2n) is 14.9. The zero-order valence-corrected chi connectivity index (χ0v) is 30.4. The van der Waals surface area contributed by atoms with Crippen molar-refractivity contribution in [3.05, 3.63) is 187 Å². The summed E-state index contributed by atoms with van der Waals surface area (Å²) >= 11 is 1.88. The van der Waals surface area contributed by atoms with Crippen molar-refractivity contribution in [2.75, 3.05) is 4.90 Å². The second kappa shape index (κ2) is 11.4. The summed E-state index contributed by atoms with van der Waals surface area (Å²) in [6.07, 6.45) is 0. The van der Waals surface area contributed by atoms with Crippen LogP contribution < -0.4 is 4.90 Å². The molecule has 1 nitrogen and oxygen atoms in total. The number of hydrogen-bond acceptors (Lipinski definition) is 2. The van der Waals surface area contributed by atoms with Gasteiger partial charge in [-0.1, -0.05) is 147 Å². The first-order valence-electron chi connectivity index (χ1n) is 18.4. The Morgan fingerprint density at radius 3 is 1.72 bits per heavy atom. The predicted octanol–water partition coefficient (Wildman–Crippen LogP) is 15.0. The molecule has 0 unspecified atom stereocenters. The van der Waals surface area contributed by atoms with E-state index in [1.54, 1.807) is 0 Å². The maximum absolute atomic E-state index is 2.47. The van der Waals surface area contributed by atoms with Crippen molar-refractivity contribution >= 4 is 80.9 Å². The fraction of sp³-hybridized carbons (Fsp3) is 0.0588. The third-order valence-electron chi connectivity index (χ3n) is 11.7. The van der Waals surface area contributed by atoms with Gasteiger partial charge in [-0.15, -0.1) is 11.3 Å². The number of fused-ring (bicyclic) bond motifs is 12. The Bertz CT molecular complexity index is 3060. The molecule has 0 fully saturated rings. The highest BCUT2D eigenvalue weighted by atomic mass is 32.1. The SMILES string of the molecule is CC1(C)c2ccccc2-c2ccc(-c3ccc(N(c4ccc5c6ccccc6c6ccccc6c5c4)c4cccc5c4sc4ccccc45)cc3)cc21. The first kappa shape index (κ1) is 30.4. The minimum atomic E-state index is -0.0345. The van der Waals surface area contributed by atoms with E-state index in [1.165, 1.54) is 91.6 Å². The summed E-state index contributed by atoms with van der Waals surface area (Å²) in [6, 6.07) is 65.4. The number of thiophene rings is 1. The first-order chi connectivity index (χ1) is 26.0. The van der Waals surface area contributed by atoms with Gasteiger partial charge in [0.05, 0.1) is 10.4 Å². The molecule has 9 aromatic carbocycles. The lowest BCUT2D eigenvalue weighted by molar-refractivity contribution is 0.660. The van der Waals surface area contributed by atoms with Crippen LogP contribution in [-0.2, 0) is 5.41 Å². The lowest BCUT2D eigenvalue weighted by Crippen LogP contribution is -2.14. The molecule has 0 atom stereocenters. The van der Waals surface area contributed by atoms with Crippen LogP contribution in [0.5, 0.6) is 0 Å². The molecule has 0 amide bonds. The lowest BCUT2D eigenvalue weighted by Gasteiger charge is -2.27. The van der Waals surface area contributed by atoms with E-state index in [-0.39, 0.29) is 5.41 Å². The maximum atomic E-state index is 2.47. The average Bonchev–Trinajstić information content (AvgIpc) is 3.71. The summed E-state index contributed by atoms with van der Waals surface area (Å²) in [7, 11) is 0.